The number of unbranched alkanes of at least 4 members (excludes halogenated alkanes) is 40. The number of thiol groups is 4. The summed E-state index contributed by atoms with van der Waals surface area (Å²) in [5, 5.41) is 5.49. The molecular weight excluding hydrogens is 1500 g/mol. The van der Waals surface area contributed by atoms with Crippen molar-refractivity contribution in [1.29, 1.82) is 4.50 Å². The number of rotatable bonds is 75. The Morgan fingerprint density at radius 1 is 0.393 bits per heavy atom. The number of ether oxygens (including phenoxy) is 4. The largest absolute Gasteiger partial charge is 0.462 e. The Kier molecular flexibility index (Phi) is 69.2. The topological polar surface area (TPSA) is 230 Å². The summed E-state index contributed by atoms with van der Waals surface area (Å²) in [6.45, 7) is 16.3. The van der Waals surface area contributed by atoms with Crippen molar-refractivity contribution in [3.63, 3.8) is 0 Å². The van der Waals surface area contributed by atoms with Gasteiger partial charge >= 0.3 is 23.9 Å². The summed E-state index contributed by atoms with van der Waals surface area (Å²) in [6.07, 6.45) is 61.8. The number of carbonyl (C=O) groups excluding carboxylic acids is 8. The maximum atomic E-state index is 13.6. The molecule has 640 valence electrons. The van der Waals surface area contributed by atoms with Crippen LogP contribution in [0.5, 0.6) is 0 Å². The van der Waals surface area contributed by atoms with Gasteiger partial charge in [-0.15, -0.1) is 0 Å². The van der Waals surface area contributed by atoms with Crippen LogP contribution in [-0.4, -0.2) is 169 Å². The predicted molar refractivity (Wildman–Crippen MR) is 484 cm³/mol. The first-order valence-corrected chi connectivity index (χ1v) is 60.5. The molecule has 0 fully saturated rings. The number of carbonyl (C=O) groups is 8. The fourth-order valence-electron chi connectivity index (χ4n) is 12.2. The average Bonchev–Trinajstić information content (AvgIpc) is 0.704. The van der Waals surface area contributed by atoms with Gasteiger partial charge in [0.05, 0.1) is 17.6 Å². The van der Waals surface area contributed by atoms with Crippen molar-refractivity contribution in [2.45, 2.75) is 381 Å². The molecule has 0 aromatic heterocycles. The van der Waals surface area contributed by atoms with Gasteiger partial charge in [-0.3, -0.25) is 33.6 Å². The van der Waals surface area contributed by atoms with E-state index in [2.05, 4.69) is 56.4 Å². The highest BCUT2D eigenvalue weighted by Crippen LogP contribution is 2.91. The third kappa shape index (κ3) is 70.2. The van der Waals surface area contributed by atoms with Crippen LogP contribution in [-0.2, 0) is 57.3 Å². The molecule has 0 spiro atoms. The lowest BCUT2D eigenvalue weighted by Crippen LogP contribution is -2.39. The van der Waals surface area contributed by atoms with Crippen molar-refractivity contribution in [3.05, 3.63) is 0 Å². The second-order valence-electron chi connectivity index (χ2n) is 31.1. The molecule has 0 aromatic rings. The van der Waals surface area contributed by atoms with Gasteiger partial charge in [-0.1, -0.05) is 299 Å². The predicted octanol–water partition coefficient (Wildman–Crippen LogP) is 23.4. The number of hydrogen-bond donors (Lipinski definition) is 8. The van der Waals surface area contributed by atoms with Crippen molar-refractivity contribution in [3.8, 4) is 0 Å². The average molecular weight is 1680 g/mol. The molecule has 24 heteroatoms. The molecule has 107 heavy (non-hydrogen) atoms. The van der Waals surface area contributed by atoms with E-state index < -0.39 is 90.7 Å². The lowest BCUT2D eigenvalue weighted by molar-refractivity contribution is -0.159. The Bertz CT molecular complexity index is 2470. The molecule has 0 aliphatic rings. The van der Waals surface area contributed by atoms with Crippen LogP contribution in [0.2, 0.25) is 0 Å². The van der Waals surface area contributed by atoms with E-state index in [9.17, 15) is 46.6 Å². The summed E-state index contributed by atoms with van der Waals surface area (Å²) in [5.74, 6) is -2.58. The van der Waals surface area contributed by atoms with Gasteiger partial charge in [-0.2, -0.15) is 0 Å². The Hall–Kier alpha value is -0.960. The lowest BCUT2D eigenvalue weighted by Gasteiger charge is -2.60. The molecule has 0 saturated heterocycles. The normalized spacial score (nSPS) is 16.9. The highest BCUT2D eigenvalue weighted by molar-refractivity contribution is 9.09. The number of hydrogen-bond acceptors (Lipinski definition) is 13. The van der Waals surface area contributed by atoms with E-state index in [1.165, 1.54) is 206 Å². The molecule has 0 radical (unpaired) electrons. The first-order chi connectivity index (χ1) is 52.4. The summed E-state index contributed by atoms with van der Waals surface area (Å²) in [4.78, 5) is 110. The molecule has 0 rings (SSSR count). The molecule has 0 heterocycles. The number of nitrogens with one attached hydrogen (secondary N) is 3. The van der Waals surface area contributed by atoms with E-state index in [0.29, 0.717) is 35.7 Å². The van der Waals surface area contributed by atoms with E-state index in [1.807, 2.05) is 25.4 Å². The maximum absolute atomic E-state index is 13.6. The molecule has 16 nitrogen and oxygen atoms in total. The number of Topliss-reactive ketones (excluding diaryl/α,β-unsaturated/α-hetero) is 1. The Morgan fingerprint density at radius 2 is 0.654 bits per heavy atom. The molecule has 0 aromatic carbocycles. The minimum Gasteiger partial charge on any atom is -0.462 e. The summed E-state index contributed by atoms with van der Waals surface area (Å²) < 4.78 is 63.2. The Morgan fingerprint density at radius 3 is 0.953 bits per heavy atom. The van der Waals surface area contributed by atoms with E-state index in [-0.39, 0.29) is 103 Å². The second kappa shape index (κ2) is 73.9. The van der Waals surface area contributed by atoms with Crippen LogP contribution in [0.25, 0.3) is 0 Å². The zero-order valence-electron chi connectivity index (χ0n) is 75.2. The molecule has 0 aliphatic carbocycles. The summed E-state index contributed by atoms with van der Waals surface area (Å²) >= 11 is 0. The fourth-order valence-corrected chi connectivity index (χ4v) is 52.2. The lowest BCUT2D eigenvalue weighted by atomic mass is 10.1. The molecule has 3 amide bonds. The summed E-state index contributed by atoms with van der Waals surface area (Å²) in [6, 6.07) is 0. The minimum absolute atomic E-state index is 0.0542. The van der Waals surface area contributed by atoms with Crippen LogP contribution < -0.4 is 15.4 Å². The van der Waals surface area contributed by atoms with Gasteiger partial charge < -0.3 is 44.0 Å². The monoisotopic (exact) mass is 1680 g/mol. The van der Waals surface area contributed by atoms with Crippen LogP contribution in [0.1, 0.15) is 369 Å². The summed E-state index contributed by atoms with van der Waals surface area (Å²) in [5.41, 5.74) is 1.67. The first kappa shape index (κ1) is 100. The van der Waals surface area contributed by atoms with Gasteiger partial charge in [0, 0.05) is 76.7 Å². The van der Waals surface area contributed by atoms with Crippen LogP contribution in [0.4, 0.5) is 0 Å². The molecule has 0 aliphatic heterocycles. The van der Waals surface area contributed by atoms with Crippen molar-refractivity contribution < 1.29 is 62.2 Å². The SMILES string of the molecule is CCCCCCCCCCCCCC(=O)OC[C@@H](CNC(=O)CCC(C)=O)OC(=O)CCCCCCCCCCCCC.[3H]S(C)(CPO)P(C)CS([3H])(C)P(C)CS([3H])(C)P(C)S([3H])(C)(C)(C)NC(=O)CCC(=O)NC[C@H](COC(=O)CCCCCCCCCCCCC)OC(=O)CCCCCCCCCCCCC. The maximum Gasteiger partial charge on any atom is 0.306 e. The van der Waals surface area contributed by atoms with E-state index in [0.717, 1.165) is 77.0 Å². The summed E-state index contributed by atoms with van der Waals surface area (Å²) in [7, 11) is -11.8. The third-order valence-corrected chi connectivity index (χ3v) is 60.2. The van der Waals surface area contributed by atoms with Gasteiger partial charge in [0.2, 0.25) is 17.7 Å². The minimum atomic E-state index is -4.13. The zero-order valence-corrected chi connectivity index (χ0v) is 78.1. The third-order valence-electron chi connectivity index (χ3n) is 19.6. The van der Waals surface area contributed by atoms with Crippen LogP contribution >= 0.6 is 69.5 Å². The Balaban J connectivity index is 0. The van der Waals surface area contributed by atoms with Gasteiger partial charge in [0.1, 0.15) is 19.0 Å². The molecule has 9 atom stereocenters. The van der Waals surface area contributed by atoms with E-state index in [4.69, 9.17) is 20.1 Å². The van der Waals surface area contributed by atoms with E-state index in [1.54, 1.807) is 18.8 Å². The first-order valence-electron chi connectivity index (χ1n) is 44.2. The van der Waals surface area contributed by atoms with E-state index >= 15 is 0 Å². The highest BCUT2D eigenvalue weighted by atomic mass is 33.2. The van der Waals surface area contributed by atoms with Crippen molar-refractivity contribution in [2.75, 3.05) is 100 Å². The number of esters is 4. The Labute approximate surface area is 675 Å². The molecule has 0 saturated carbocycles. The smallest absolute Gasteiger partial charge is 0.306 e. The quantitative estimate of drug-likeness (QED) is 0.00933. The standard InChI is InChI=1S/C47H104N2O7P4S4.C36H67NO6/c1-12-14-16-18-20-22-24-26-28-30-32-34-46(52)55-39-43(56-47(53)35-33-31-29-27-25-23-21-19-17-15-13-2)38-48-44(50)36-37-45(51)49-64(9,10,11)60(5)63(8)42-59(4)62(7)41-58(3)61(6)40-57-54;1-4-6-8-10-12-14-16-18-20-22-24-26-35(40)42-31-33(30-37-34(39)29-28-32(3)38)43-36(41)27-25-23-21-19-17-15-13-11-9-7-5-2/h43,54,57,61-64H,12-42H2,1-11H3,(H,48,50)(H,49,51);33H,4-31H2,1-3H3,(H,37,39)/t43-,58?,59?,60?;33-/m11/s1/i61T,62T,63T,64T;. The van der Waals surface area contributed by atoms with Crippen LogP contribution in [0.15, 0.2) is 0 Å². The highest BCUT2D eigenvalue weighted by Gasteiger charge is 2.36. The van der Waals surface area contributed by atoms with Crippen LogP contribution in [0, 0.1) is 0 Å². The van der Waals surface area contributed by atoms with Crippen molar-refractivity contribution in [1.82, 2.24) is 15.4 Å². The van der Waals surface area contributed by atoms with Gasteiger partial charge in [-0.25, -0.2) is 40.1 Å². The molecule has 4 N–H and O–H groups in total. The van der Waals surface area contributed by atoms with Gasteiger partial charge in [-0.05, 0) is 96.5 Å². The van der Waals surface area contributed by atoms with Crippen molar-refractivity contribution >= 4 is 117 Å². The molecule has 0 bridgehead atoms. The van der Waals surface area contributed by atoms with Crippen molar-refractivity contribution in [2.24, 2.45) is 0 Å². The van der Waals surface area contributed by atoms with Crippen LogP contribution in [0.3, 0.4) is 0 Å². The fraction of sp³-hybridized carbons (Fsp3) is 0.904. The van der Waals surface area contributed by atoms with Gasteiger partial charge in [0.15, 0.2) is 12.2 Å². The number of ketones is 1. The number of amides is 3. The zero-order chi connectivity index (χ0) is 83.8. The van der Waals surface area contributed by atoms with Gasteiger partial charge in [0.25, 0.3) is 0 Å². The molecule has 7 unspecified atom stereocenters. The second-order valence-corrected chi connectivity index (χ2v) is 64.0. The molecular formula is C83H171N3O13P4S4.